The molecule has 0 radical (unpaired) electrons. The van der Waals surface area contributed by atoms with Crippen LogP contribution in [0.15, 0.2) is 28.9 Å². The van der Waals surface area contributed by atoms with Gasteiger partial charge < -0.3 is 4.52 Å². The predicted molar refractivity (Wildman–Crippen MR) is 77.0 cm³/mol. The Labute approximate surface area is 146 Å². The van der Waals surface area contributed by atoms with Crippen molar-refractivity contribution in [3.63, 3.8) is 0 Å². The standard InChI is InChI=1S/C14H7ClF6N4O/c1-25-10(15)9(5-22-25)12-23-11(24-26-12)6-2-7(13(16,17)18)4-8(3-6)14(19,20)21/h2-5H,1H3. The van der Waals surface area contributed by atoms with Crippen molar-refractivity contribution in [1.82, 2.24) is 19.9 Å². The molecule has 0 bridgehead atoms. The molecule has 26 heavy (non-hydrogen) atoms. The molecule has 3 aromatic rings. The lowest BCUT2D eigenvalue weighted by Crippen LogP contribution is -2.11. The van der Waals surface area contributed by atoms with Crippen LogP contribution in [0.2, 0.25) is 5.15 Å². The Balaban J connectivity index is 2.11. The smallest absolute Gasteiger partial charge is 0.333 e. The molecule has 0 amide bonds. The molecule has 0 aliphatic heterocycles. The molecule has 0 spiro atoms. The minimum Gasteiger partial charge on any atom is -0.333 e. The Morgan fingerprint density at radius 2 is 1.58 bits per heavy atom. The van der Waals surface area contributed by atoms with Crippen LogP contribution in [0.3, 0.4) is 0 Å². The number of hydrogen-bond acceptors (Lipinski definition) is 4. The van der Waals surface area contributed by atoms with Crippen molar-refractivity contribution in [2.45, 2.75) is 12.4 Å². The number of hydrogen-bond donors (Lipinski definition) is 0. The van der Waals surface area contributed by atoms with Crippen molar-refractivity contribution in [2.24, 2.45) is 7.05 Å². The fourth-order valence-electron chi connectivity index (χ4n) is 2.10. The fourth-order valence-corrected chi connectivity index (χ4v) is 2.27. The molecular formula is C14H7ClF6N4O. The maximum absolute atomic E-state index is 12.9. The summed E-state index contributed by atoms with van der Waals surface area (Å²) in [6, 6.07) is 1.03. The van der Waals surface area contributed by atoms with Crippen LogP contribution in [0.5, 0.6) is 0 Å². The summed E-state index contributed by atoms with van der Waals surface area (Å²) in [6.07, 6.45) is -8.68. The molecule has 0 atom stereocenters. The molecule has 0 aliphatic carbocycles. The van der Waals surface area contributed by atoms with E-state index in [2.05, 4.69) is 15.2 Å². The fraction of sp³-hybridized carbons (Fsp3) is 0.214. The summed E-state index contributed by atoms with van der Waals surface area (Å²) in [5, 5.41) is 7.38. The average Bonchev–Trinajstić information content (AvgIpc) is 3.13. The van der Waals surface area contributed by atoms with Crippen molar-refractivity contribution < 1.29 is 30.9 Å². The second kappa shape index (κ2) is 6.01. The maximum Gasteiger partial charge on any atom is 0.416 e. The van der Waals surface area contributed by atoms with E-state index in [4.69, 9.17) is 16.1 Å². The van der Waals surface area contributed by atoms with E-state index in [0.29, 0.717) is 12.1 Å². The molecule has 0 unspecified atom stereocenters. The van der Waals surface area contributed by atoms with Gasteiger partial charge in [-0.1, -0.05) is 16.8 Å². The summed E-state index contributed by atoms with van der Waals surface area (Å²) in [4.78, 5) is 3.82. The minimum absolute atomic E-state index is 0.0163. The second-order valence-electron chi connectivity index (χ2n) is 5.19. The highest BCUT2D eigenvalue weighted by molar-refractivity contribution is 6.32. The summed E-state index contributed by atoms with van der Waals surface area (Å²) in [5.41, 5.74) is -3.26. The van der Waals surface area contributed by atoms with E-state index in [9.17, 15) is 26.3 Å². The summed E-state index contributed by atoms with van der Waals surface area (Å²) in [6.45, 7) is 0. The van der Waals surface area contributed by atoms with Crippen molar-refractivity contribution in [2.75, 3.05) is 0 Å². The number of alkyl halides is 6. The highest BCUT2D eigenvalue weighted by atomic mass is 35.5. The molecule has 1 aromatic carbocycles. The van der Waals surface area contributed by atoms with Gasteiger partial charge in [0, 0.05) is 12.6 Å². The van der Waals surface area contributed by atoms with Gasteiger partial charge in [0.05, 0.1) is 22.9 Å². The van der Waals surface area contributed by atoms with E-state index in [1.165, 1.54) is 17.9 Å². The Morgan fingerprint density at radius 3 is 2.04 bits per heavy atom. The van der Waals surface area contributed by atoms with Gasteiger partial charge in [0.2, 0.25) is 5.82 Å². The molecular weight excluding hydrogens is 390 g/mol. The summed E-state index contributed by atoms with van der Waals surface area (Å²) < 4.78 is 83.7. The van der Waals surface area contributed by atoms with Crippen LogP contribution in [0, 0.1) is 0 Å². The third-order valence-corrected chi connectivity index (χ3v) is 3.82. The van der Waals surface area contributed by atoms with Crippen LogP contribution in [0.4, 0.5) is 26.3 Å². The van der Waals surface area contributed by atoms with Crippen LogP contribution in [-0.2, 0) is 19.4 Å². The molecule has 138 valence electrons. The lowest BCUT2D eigenvalue weighted by molar-refractivity contribution is -0.143. The zero-order chi connectivity index (χ0) is 19.3. The van der Waals surface area contributed by atoms with E-state index in [1.54, 1.807) is 0 Å². The van der Waals surface area contributed by atoms with Gasteiger partial charge >= 0.3 is 12.4 Å². The quantitative estimate of drug-likeness (QED) is 0.582. The molecule has 5 nitrogen and oxygen atoms in total. The molecule has 0 saturated carbocycles. The third-order valence-electron chi connectivity index (χ3n) is 3.37. The van der Waals surface area contributed by atoms with Crippen molar-refractivity contribution >= 4 is 11.6 Å². The molecule has 0 N–H and O–H groups in total. The van der Waals surface area contributed by atoms with Crippen LogP contribution < -0.4 is 0 Å². The van der Waals surface area contributed by atoms with Crippen molar-refractivity contribution in [3.8, 4) is 22.8 Å². The first-order valence-electron chi connectivity index (χ1n) is 6.78. The molecule has 2 heterocycles. The first-order valence-corrected chi connectivity index (χ1v) is 7.16. The SMILES string of the molecule is Cn1ncc(-c2nc(-c3cc(C(F)(F)F)cc(C(F)(F)F)c3)no2)c1Cl. The zero-order valence-corrected chi connectivity index (χ0v) is 13.4. The molecule has 0 aliphatic rings. The number of rotatable bonds is 2. The van der Waals surface area contributed by atoms with Crippen LogP contribution in [0.1, 0.15) is 11.1 Å². The average molecular weight is 397 g/mol. The van der Waals surface area contributed by atoms with E-state index in [0.717, 1.165) is 0 Å². The third kappa shape index (κ3) is 3.39. The Morgan fingerprint density at radius 1 is 1.00 bits per heavy atom. The number of nitrogens with zero attached hydrogens (tertiary/aromatic N) is 4. The van der Waals surface area contributed by atoms with Gasteiger partial charge in [-0.25, -0.2) is 0 Å². The van der Waals surface area contributed by atoms with Gasteiger partial charge in [-0.2, -0.15) is 36.4 Å². The van der Waals surface area contributed by atoms with Gasteiger partial charge in [0.25, 0.3) is 5.89 Å². The lowest BCUT2D eigenvalue weighted by Gasteiger charge is -2.12. The van der Waals surface area contributed by atoms with Gasteiger partial charge in [0.1, 0.15) is 5.15 Å². The van der Waals surface area contributed by atoms with Crippen LogP contribution in [0.25, 0.3) is 22.8 Å². The zero-order valence-electron chi connectivity index (χ0n) is 12.7. The van der Waals surface area contributed by atoms with Gasteiger partial charge in [-0.15, -0.1) is 0 Å². The minimum atomic E-state index is -4.98. The maximum atomic E-state index is 12.9. The Kier molecular flexibility index (Phi) is 4.21. The van der Waals surface area contributed by atoms with E-state index >= 15 is 0 Å². The Hall–Kier alpha value is -2.56. The molecule has 2 aromatic heterocycles. The molecule has 0 saturated heterocycles. The van der Waals surface area contributed by atoms with Crippen LogP contribution in [-0.4, -0.2) is 19.9 Å². The largest absolute Gasteiger partial charge is 0.416 e. The lowest BCUT2D eigenvalue weighted by atomic mass is 10.0. The molecule has 3 rings (SSSR count). The number of aryl methyl sites for hydroxylation is 1. The van der Waals surface area contributed by atoms with E-state index in [1.807, 2.05) is 0 Å². The first kappa shape index (κ1) is 18.2. The van der Waals surface area contributed by atoms with Gasteiger partial charge in [-0.3, -0.25) is 4.68 Å². The normalized spacial score (nSPS) is 12.6. The highest BCUT2D eigenvalue weighted by Crippen LogP contribution is 2.38. The number of halogens is 7. The first-order chi connectivity index (χ1) is 12.0. The number of aromatic nitrogens is 4. The van der Waals surface area contributed by atoms with Crippen molar-refractivity contribution in [3.05, 3.63) is 40.7 Å². The summed E-state index contributed by atoms with van der Waals surface area (Å²) in [5.74, 6) is -0.638. The van der Waals surface area contributed by atoms with Crippen LogP contribution >= 0.6 is 11.6 Å². The number of benzene rings is 1. The topological polar surface area (TPSA) is 56.7 Å². The molecule has 12 heteroatoms. The van der Waals surface area contributed by atoms with Crippen molar-refractivity contribution in [1.29, 1.82) is 0 Å². The second-order valence-corrected chi connectivity index (χ2v) is 5.55. The highest BCUT2D eigenvalue weighted by Gasteiger charge is 2.37. The van der Waals surface area contributed by atoms with Gasteiger partial charge in [-0.05, 0) is 18.2 Å². The Bertz CT molecular complexity index is 927. The summed E-state index contributed by atoms with van der Waals surface area (Å²) >= 11 is 5.94. The van der Waals surface area contributed by atoms with E-state index in [-0.39, 0.29) is 22.7 Å². The van der Waals surface area contributed by atoms with Gasteiger partial charge in [0.15, 0.2) is 0 Å². The monoisotopic (exact) mass is 396 g/mol. The molecule has 0 fully saturated rings. The van der Waals surface area contributed by atoms with E-state index < -0.39 is 34.9 Å². The summed E-state index contributed by atoms with van der Waals surface area (Å²) in [7, 11) is 1.52. The predicted octanol–water partition coefficient (Wildman–Crippen LogP) is 4.83.